The summed E-state index contributed by atoms with van der Waals surface area (Å²) in [6.45, 7) is 3.60. The summed E-state index contributed by atoms with van der Waals surface area (Å²) >= 11 is 0. The zero-order valence-corrected chi connectivity index (χ0v) is 7.13. The van der Waals surface area contributed by atoms with E-state index >= 15 is 0 Å². The van der Waals surface area contributed by atoms with Gasteiger partial charge in [0.1, 0.15) is 0 Å². The summed E-state index contributed by atoms with van der Waals surface area (Å²) in [5.41, 5.74) is 0. The van der Waals surface area contributed by atoms with Gasteiger partial charge in [0, 0.05) is 6.04 Å². The van der Waals surface area contributed by atoms with Crippen LogP contribution >= 0.6 is 0 Å². The summed E-state index contributed by atoms with van der Waals surface area (Å²) in [4.78, 5) is 10.6. The van der Waals surface area contributed by atoms with Crippen molar-refractivity contribution in [3.05, 3.63) is 0 Å². The van der Waals surface area contributed by atoms with Gasteiger partial charge in [-0.25, -0.2) is 0 Å². The maximum atomic E-state index is 10.6. The van der Waals surface area contributed by atoms with Crippen LogP contribution in [0.15, 0.2) is 0 Å². The molecule has 0 fully saturated rings. The first kappa shape index (κ1) is 10.4. The molecule has 0 saturated heterocycles. The second-order valence-electron chi connectivity index (χ2n) is 2.49. The van der Waals surface area contributed by atoms with Gasteiger partial charge in [-0.15, -0.1) is 0 Å². The van der Waals surface area contributed by atoms with Gasteiger partial charge in [0.05, 0.1) is 19.8 Å². The van der Waals surface area contributed by atoms with E-state index in [0.29, 0.717) is 0 Å². The van der Waals surface area contributed by atoms with Gasteiger partial charge in [0.2, 0.25) is 0 Å². The lowest BCUT2D eigenvalue weighted by molar-refractivity contribution is -0.139. The van der Waals surface area contributed by atoms with Crippen molar-refractivity contribution in [1.82, 2.24) is 5.32 Å². The molecule has 0 spiro atoms. The van der Waals surface area contributed by atoms with Gasteiger partial charge in [-0.2, -0.15) is 0 Å². The van der Waals surface area contributed by atoms with E-state index in [9.17, 15) is 4.79 Å². The third-order valence-corrected chi connectivity index (χ3v) is 1.52. The predicted octanol–water partition coefficient (Wildman–Crippen LogP) is -0.482. The number of carbonyl (C=O) groups excluding carboxylic acids is 1. The van der Waals surface area contributed by atoms with Crippen molar-refractivity contribution < 1.29 is 14.6 Å². The molecule has 0 aliphatic heterocycles. The van der Waals surface area contributed by atoms with Crippen LogP contribution in [0.3, 0.4) is 0 Å². The number of rotatable bonds is 4. The van der Waals surface area contributed by atoms with Crippen LogP contribution in [0.1, 0.15) is 13.8 Å². The lowest BCUT2D eigenvalue weighted by atomic mass is 10.2. The Morgan fingerprint density at radius 1 is 1.64 bits per heavy atom. The molecular formula is C7H15NO3. The van der Waals surface area contributed by atoms with E-state index in [2.05, 4.69) is 10.1 Å². The number of hydrogen-bond donors (Lipinski definition) is 2. The molecule has 11 heavy (non-hydrogen) atoms. The van der Waals surface area contributed by atoms with E-state index in [1.54, 1.807) is 13.8 Å². The van der Waals surface area contributed by atoms with E-state index in [1.807, 2.05) is 0 Å². The summed E-state index contributed by atoms with van der Waals surface area (Å²) in [6.07, 6.45) is -0.459. The molecule has 0 heterocycles. The molecule has 4 nitrogen and oxygen atoms in total. The lowest BCUT2D eigenvalue weighted by Gasteiger charge is -2.14. The highest BCUT2D eigenvalue weighted by Crippen LogP contribution is 1.89. The molecule has 2 atom stereocenters. The molecule has 0 rings (SSSR count). The quantitative estimate of drug-likeness (QED) is 0.547. The minimum Gasteiger partial charge on any atom is -0.468 e. The second kappa shape index (κ2) is 5.09. The Morgan fingerprint density at radius 2 is 2.18 bits per heavy atom. The summed E-state index contributed by atoms with van der Waals surface area (Å²) in [5, 5.41) is 11.8. The number of methoxy groups -OCH3 is 1. The van der Waals surface area contributed by atoms with Crippen LogP contribution in [0.2, 0.25) is 0 Å². The minimum atomic E-state index is -0.459. The largest absolute Gasteiger partial charge is 0.468 e. The number of aliphatic hydroxyl groups excluding tert-OH is 1. The van der Waals surface area contributed by atoms with Crippen molar-refractivity contribution in [2.45, 2.75) is 26.0 Å². The fourth-order valence-electron chi connectivity index (χ4n) is 0.487. The van der Waals surface area contributed by atoms with Crippen molar-refractivity contribution in [3.63, 3.8) is 0 Å². The van der Waals surface area contributed by atoms with Crippen molar-refractivity contribution >= 4 is 5.97 Å². The first-order valence-corrected chi connectivity index (χ1v) is 3.56. The predicted molar refractivity (Wildman–Crippen MR) is 41.2 cm³/mol. The first-order chi connectivity index (χ1) is 5.07. The average molecular weight is 161 g/mol. The SMILES string of the molecule is COC(=O)CNC(C)C(C)O. The Hall–Kier alpha value is -0.610. The highest BCUT2D eigenvalue weighted by Gasteiger charge is 2.09. The summed E-state index contributed by atoms with van der Waals surface area (Å²) < 4.78 is 4.40. The molecule has 0 amide bonds. The molecule has 0 aromatic carbocycles. The third-order valence-electron chi connectivity index (χ3n) is 1.52. The molecule has 2 N–H and O–H groups in total. The maximum absolute atomic E-state index is 10.6. The number of ether oxygens (including phenoxy) is 1. The van der Waals surface area contributed by atoms with E-state index in [0.717, 1.165) is 0 Å². The molecular weight excluding hydrogens is 146 g/mol. The van der Waals surface area contributed by atoms with Gasteiger partial charge in [0.15, 0.2) is 0 Å². The molecule has 0 saturated carbocycles. The molecule has 0 bridgehead atoms. The van der Waals surface area contributed by atoms with E-state index < -0.39 is 6.10 Å². The second-order valence-corrected chi connectivity index (χ2v) is 2.49. The Kier molecular flexibility index (Phi) is 4.81. The molecule has 0 aromatic heterocycles. The normalized spacial score (nSPS) is 15.6. The van der Waals surface area contributed by atoms with Crippen molar-refractivity contribution in [2.24, 2.45) is 0 Å². The van der Waals surface area contributed by atoms with Gasteiger partial charge < -0.3 is 15.2 Å². The monoisotopic (exact) mass is 161 g/mol. The standard InChI is InChI=1S/C7H15NO3/c1-5(6(2)9)8-4-7(10)11-3/h5-6,8-9H,4H2,1-3H3. The van der Waals surface area contributed by atoms with Crippen molar-refractivity contribution in [2.75, 3.05) is 13.7 Å². The van der Waals surface area contributed by atoms with Crippen LogP contribution in [-0.4, -0.2) is 36.9 Å². The van der Waals surface area contributed by atoms with Crippen LogP contribution in [0, 0.1) is 0 Å². The molecule has 0 aromatic rings. The van der Waals surface area contributed by atoms with Gasteiger partial charge in [-0.1, -0.05) is 0 Å². The van der Waals surface area contributed by atoms with Crippen LogP contribution in [0.25, 0.3) is 0 Å². The summed E-state index contributed by atoms with van der Waals surface area (Å²) in [6, 6.07) is -0.0888. The van der Waals surface area contributed by atoms with Crippen LogP contribution in [-0.2, 0) is 9.53 Å². The fourth-order valence-corrected chi connectivity index (χ4v) is 0.487. The minimum absolute atomic E-state index is 0.0888. The van der Waals surface area contributed by atoms with E-state index in [4.69, 9.17) is 5.11 Å². The summed E-state index contributed by atoms with van der Waals surface area (Å²) in [5.74, 6) is -0.322. The Labute approximate surface area is 66.5 Å². The Bertz CT molecular complexity index is 125. The lowest BCUT2D eigenvalue weighted by Crippen LogP contribution is -2.38. The third kappa shape index (κ3) is 4.75. The zero-order valence-electron chi connectivity index (χ0n) is 7.13. The molecule has 66 valence electrons. The summed E-state index contributed by atoms with van der Waals surface area (Å²) in [7, 11) is 1.33. The maximum Gasteiger partial charge on any atom is 0.319 e. The Morgan fingerprint density at radius 3 is 2.55 bits per heavy atom. The molecule has 2 unspecified atom stereocenters. The number of hydrogen-bond acceptors (Lipinski definition) is 4. The molecule has 4 heteroatoms. The van der Waals surface area contributed by atoms with E-state index in [-0.39, 0.29) is 18.6 Å². The first-order valence-electron chi connectivity index (χ1n) is 3.56. The number of esters is 1. The van der Waals surface area contributed by atoms with E-state index in [1.165, 1.54) is 7.11 Å². The fraction of sp³-hybridized carbons (Fsp3) is 0.857. The average Bonchev–Trinajstić information content (AvgIpc) is 1.99. The molecule has 0 radical (unpaired) electrons. The number of nitrogens with one attached hydrogen (secondary N) is 1. The molecule has 0 aliphatic rings. The van der Waals surface area contributed by atoms with Gasteiger partial charge in [-0.3, -0.25) is 4.79 Å². The van der Waals surface area contributed by atoms with Gasteiger partial charge in [0.25, 0.3) is 0 Å². The Balaban J connectivity index is 3.45. The van der Waals surface area contributed by atoms with Gasteiger partial charge >= 0.3 is 5.97 Å². The topological polar surface area (TPSA) is 58.6 Å². The smallest absolute Gasteiger partial charge is 0.319 e. The van der Waals surface area contributed by atoms with Crippen molar-refractivity contribution in [1.29, 1.82) is 0 Å². The molecule has 0 aliphatic carbocycles. The zero-order chi connectivity index (χ0) is 8.85. The van der Waals surface area contributed by atoms with Gasteiger partial charge in [-0.05, 0) is 13.8 Å². The van der Waals surface area contributed by atoms with Crippen LogP contribution < -0.4 is 5.32 Å². The van der Waals surface area contributed by atoms with Crippen LogP contribution in [0.5, 0.6) is 0 Å². The number of aliphatic hydroxyl groups is 1. The highest BCUT2D eigenvalue weighted by molar-refractivity contribution is 5.71. The number of carbonyl (C=O) groups is 1. The van der Waals surface area contributed by atoms with Crippen LogP contribution in [0.4, 0.5) is 0 Å². The highest BCUT2D eigenvalue weighted by atomic mass is 16.5. The van der Waals surface area contributed by atoms with Crippen molar-refractivity contribution in [3.8, 4) is 0 Å².